The molecule has 8 heteroatoms. The summed E-state index contributed by atoms with van der Waals surface area (Å²) in [6.07, 6.45) is 9.26. The first-order chi connectivity index (χ1) is 12.2. The summed E-state index contributed by atoms with van der Waals surface area (Å²) in [6, 6.07) is 1.77. The van der Waals surface area contributed by atoms with Crippen LogP contribution in [0.1, 0.15) is 30.8 Å². The number of imidazole rings is 1. The van der Waals surface area contributed by atoms with Gasteiger partial charge in [-0.1, -0.05) is 5.16 Å². The van der Waals surface area contributed by atoms with Crippen molar-refractivity contribution in [2.24, 2.45) is 7.05 Å². The van der Waals surface area contributed by atoms with Crippen LogP contribution in [-0.2, 0) is 31.2 Å². The minimum atomic E-state index is -0.0542. The number of hydrogen-bond acceptors (Lipinski definition) is 5. The second kappa shape index (κ2) is 6.54. The van der Waals surface area contributed by atoms with Gasteiger partial charge in [-0.2, -0.15) is 5.10 Å². The van der Waals surface area contributed by atoms with Crippen LogP contribution in [0.25, 0.3) is 11.3 Å². The average Bonchev–Trinajstić information content (AvgIpc) is 3.33. The van der Waals surface area contributed by atoms with Gasteiger partial charge in [0.15, 0.2) is 0 Å². The molecule has 1 amide bonds. The largest absolute Gasteiger partial charge is 0.365 e. The lowest BCUT2D eigenvalue weighted by molar-refractivity contribution is -0.116. The number of aromatic nitrogens is 5. The third-order valence-electron chi connectivity index (χ3n) is 4.41. The lowest BCUT2D eigenvalue weighted by Crippen LogP contribution is -2.18. The first-order valence-corrected chi connectivity index (χ1v) is 8.48. The lowest BCUT2D eigenvalue weighted by Gasteiger charge is -2.16. The predicted molar refractivity (Wildman–Crippen MR) is 90.8 cm³/mol. The van der Waals surface area contributed by atoms with Gasteiger partial charge in [-0.15, -0.1) is 0 Å². The van der Waals surface area contributed by atoms with Crippen LogP contribution in [0, 0.1) is 0 Å². The Morgan fingerprint density at radius 3 is 3.08 bits per heavy atom. The van der Waals surface area contributed by atoms with E-state index < -0.39 is 0 Å². The zero-order valence-electron chi connectivity index (χ0n) is 14.1. The van der Waals surface area contributed by atoms with Crippen molar-refractivity contribution < 1.29 is 9.32 Å². The van der Waals surface area contributed by atoms with E-state index in [1.54, 1.807) is 16.9 Å². The van der Waals surface area contributed by atoms with Gasteiger partial charge in [0.05, 0.1) is 11.9 Å². The average molecular weight is 340 g/mol. The number of amides is 1. The quantitative estimate of drug-likeness (QED) is 0.769. The van der Waals surface area contributed by atoms with E-state index in [2.05, 4.69) is 20.1 Å². The van der Waals surface area contributed by atoms with E-state index in [4.69, 9.17) is 9.51 Å². The minimum Gasteiger partial charge on any atom is -0.365 e. The summed E-state index contributed by atoms with van der Waals surface area (Å²) in [7, 11) is 1.87. The Labute approximate surface area is 144 Å². The molecule has 0 unspecified atom stereocenters. The molecule has 4 heterocycles. The number of nitrogens with zero attached hydrogens (tertiary/aromatic N) is 5. The van der Waals surface area contributed by atoms with E-state index in [9.17, 15) is 4.79 Å². The van der Waals surface area contributed by atoms with Crippen LogP contribution in [0.5, 0.6) is 0 Å². The number of rotatable bonds is 5. The maximum atomic E-state index is 12.4. The molecule has 3 aromatic rings. The minimum absolute atomic E-state index is 0.0542. The summed E-state index contributed by atoms with van der Waals surface area (Å²) in [4.78, 5) is 17.2. The van der Waals surface area contributed by atoms with Crippen LogP contribution in [0.4, 0.5) is 5.82 Å². The maximum Gasteiger partial charge on any atom is 0.225 e. The highest BCUT2D eigenvalue weighted by molar-refractivity contribution is 5.93. The van der Waals surface area contributed by atoms with Crippen molar-refractivity contribution in [1.82, 2.24) is 24.5 Å². The van der Waals surface area contributed by atoms with Gasteiger partial charge in [-0.25, -0.2) is 4.98 Å². The Kier molecular flexibility index (Phi) is 4.09. The molecule has 0 bridgehead atoms. The molecule has 1 N–H and O–H groups in total. The molecular formula is C17H20N6O2. The van der Waals surface area contributed by atoms with Crippen LogP contribution in [0.2, 0.25) is 0 Å². The first-order valence-electron chi connectivity index (χ1n) is 8.48. The second-order valence-corrected chi connectivity index (χ2v) is 6.28. The molecule has 0 aliphatic carbocycles. The molecular weight excluding hydrogens is 320 g/mol. The first kappa shape index (κ1) is 15.6. The van der Waals surface area contributed by atoms with Crippen LogP contribution in [0.3, 0.4) is 0 Å². The van der Waals surface area contributed by atoms with Crippen molar-refractivity contribution >= 4 is 11.7 Å². The van der Waals surface area contributed by atoms with Crippen LogP contribution in [0.15, 0.2) is 29.2 Å². The van der Waals surface area contributed by atoms with E-state index in [0.29, 0.717) is 12.8 Å². The summed E-state index contributed by atoms with van der Waals surface area (Å²) in [6.45, 7) is 0.876. The van der Waals surface area contributed by atoms with Crippen LogP contribution < -0.4 is 5.32 Å². The number of anilines is 1. The van der Waals surface area contributed by atoms with Crippen molar-refractivity contribution in [2.75, 3.05) is 5.32 Å². The highest BCUT2D eigenvalue weighted by atomic mass is 16.5. The van der Waals surface area contributed by atoms with Gasteiger partial charge in [0.25, 0.3) is 0 Å². The van der Waals surface area contributed by atoms with Gasteiger partial charge in [0, 0.05) is 50.7 Å². The fraction of sp³-hybridized carbons (Fsp3) is 0.412. The molecule has 4 rings (SSSR count). The summed E-state index contributed by atoms with van der Waals surface area (Å²) in [5, 5.41) is 11.1. The molecule has 1 aliphatic rings. The molecule has 0 atom stereocenters. The molecule has 3 aromatic heterocycles. The lowest BCUT2D eigenvalue weighted by atomic mass is 10.2. The fourth-order valence-corrected chi connectivity index (χ4v) is 3.16. The van der Waals surface area contributed by atoms with Crippen LogP contribution in [-0.4, -0.2) is 30.4 Å². The molecule has 130 valence electrons. The van der Waals surface area contributed by atoms with Gasteiger partial charge >= 0.3 is 0 Å². The van der Waals surface area contributed by atoms with Crippen molar-refractivity contribution in [1.29, 1.82) is 0 Å². The summed E-state index contributed by atoms with van der Waals surface area (Å²) in [5.74, 6) is 1.74. The zero-order valence-corrected chi connectivity index (χ0v) is 14.1. The Balaban J connectivity index is 1.58. The predicted octanol–water partition coefficient (Wildman–Crippen LogP) is 2.18. The van der Waals surface area contributed by atoms with Gasteiger partial charge in [-0.05, 0) is 12.8 Å². The smallest absolute Gasteiger partial charge is 0.225 e. The molecule has 0 aromatic carbocycles. The highest BCUT2D eigenvalue weighted by Gasteiger charge is 2.23. The Morgan fingerprint density at radius 2 is 2.32 bits per heavy atom. The third-order valence-corrected chi connectivity index (χ3v) is 4.41. The van der Waals surface area contributed by atoms with E-state index in [1.165, 1.54) is 6.26 Å². The standard InChI is InChI=1S/C17H20N6O2/c1-22-11-12(10-18-22)16-17(23-8-3-2-4-14(23)19-16)20-15(24)6-5-13-7-9-25-21-13/h7,9-11H,2-6,8H2,1H3,(H,20,24). The molecule has 0 spiro atoms. The number of aryl methyl sites for hydroxylation is 3. The highest BCUT2D eigenvalue weighted by Crippen LogP contribution is 2.31. The molecule has 1 aliphatic heterocycles. The number of hydrogen-bond donors (Lipinski definition) is 1. The van der Waals surface area contributed by atoms with Crippen LogP contribution >= 0.6 is 0 Å². The maximum absolute atomic E-state index is 12.4. The van der Waals surface area contributed by atoms with E-state index in [-0.39, 0.29) is 5.91 Å². The zero-order chi connectivity index (χ0) is 17.2. The second-order valence-electron chi connectivity index (χ2n) is 6.28. The molecule has 0 saturated heterocycles. The van der Waals surface area contributed by atoms with Gasteiger partial charge in [0.1, 0.15) is 23.6 Å². The van der Waals surface area contributed by atoms with Crippen molar-refractivity contribution in [3.05, 3.63) is 36.2 Å². The summed E-state index contributed by atoms with van der Waals surface area (Å²) < 4.78 is 8.67. The number of carbonyl (C=O) groups excluding carboxylic acids is 1. The topological polar surface area (TPSA) is 90.8 Å². The van der Waals surface area contributed by atoms with E-state index >= 15 is 0 Å². The molecule has 0 radical (unpaired) electrons. The summed E-state index contributed by atoms with van der Waals surface area (Å²) in [5.41, 5.74) is 2.48. The Bertz CT molecular complexity index is 877. The fourth-order valence-electron chi connectivity index (χ4n) is 3.16. The van der Waals surface area contributed by atoms with Gasteiger partial charge in [-0.3, -0.25) is 9.48 Å². The molecule has 25 heavy (non-hydrogen) atoms. The van der Waals surface area contributed by atoms with Crippen molar-refractivity contribution in [3.8, 4) is 11.3 Å². The molecule has 8 nitrogen and oxygen atoms in total. The Morgan fingerprint density at radius 1 is 1.40 bits per heavy atom. The SMILES string of the molecule is Cn1cc(-c2nc3n(c2NC(=O)CCc2ccon2)CCCC3)cn1. The summed E-state index contributed by atoms with van der Waals surface area (Å²) >= 11 is 0. The third kappa shape index (κ3) is 3.19. The van der Waals surface area contributed by atoms with E-state index in [1.807, 2.05) is 13.2 Å². The molecule has 0 saturated carbocycles. The normalized spacial score (nSPS) is 13.6. The monoisotopic (exact) mass is 340 g/mol. The molecule has 0 fully saturated rings. The van der Waals surface area contributed by atoms with Gasteiger partial charge in [0.2, 0.25) is 5.91 Å². The number of carbonyl (C=O) groups is 1. The van der Waals surface area contributed by atoms with Gasteiger partial charge < -0.3 is 14.4 Å². The van der Waals surface area contributed by atoms with Crippen molar-refractivity contribution in [3.63, 3.8) is 0 Å². The number of nitrogens with one attached hydrogen (secondary N) is 1. The van der Waals surface area contributed by atoms with Crippen molar-refractivity contribution in [2.45, 2.75) is 38.6 Å². The van der Waals surface area contributed by atoms with E-state index in [0.717, 1.165) is 54.4 Å². The Hall–Kier alpha value is -2.90. The number of fused-ring (bicyclic) bond motifs is 1.